The summed E-state index contributed by atoms with van der Waals surface area (Å²) in [6, 6.07) is 12.4. The van der Waals surface area contributed by atoms with Crippen LogP contribution in [-0.2, 0) is 6.54 Å². The molecule has 4 aromatic rings. The molecule has 1 atom stereocenters. The van der Waals surface area contributed by atoms with E-state index in [4.69, 9.17) is 10.1 Å². The Labute approximate surface area is 175 Å². The summed E-state index contributed by atoms with van der Waals surface area (Å²) < 4.78 is 15.9. The zero-order valence-corrected chi connectivity index (χ0v) is 17.4. The molecule has 0 bridgehead atoms. The molecule has 0 aliphatic heterocycles. The lowest BCUT2D eigenvalue weighted by Gasteiger charge is -2.11. The summed E-state index contributed by atoms with van der Waals surface area (Å²) in [5, 5.41) is 8.96. The molecule has 0 saturated carbocycles. The molecule has 0 radical (unpaired) electrons. The maximum atomic E-state index is 14.2. The van der Waals surface area contributed by atoms with Gasteiger partial charge in [-0.1, -0.05) is 38.5 Å². The summed E-state index contributed by atoms with van der Waals surface area (Å²) in [4.78, 5) is 13.8. The van der Waals surface area contributed by atoms with E-state index in [-0.39, 0.29) is 12.4 Å². The van der Waals surface area contributed by atoms with E-state index in [1.807, 2.05) is 31.2 Å². The van der Waals surface area contributed by atoms with Gasteiger partial charge in [0.2, 0.25) is 0 Å². The Morgan fingerprint density at radius 2 is 1.97 bits per heavy atom. The molecule has 3 heterocycles. The van der Waals surface area contributed by atoms with Gasteiger partial charge in [-0.3, -0.25) is 0 Å². The molecule has 1 aromatic carbocycles. The van der Waals surface area contributed by atoms with Crippen molar-refractivity contribution in [2.24, 2.45) is 5.92 Å². The summed E-state index contributed by atoms with van der Waals surface area (Å²) >= 11 is 0. The van der Waals surface area contributed by atoms with Crippen LogP contribution in [0.3, 0.4) is 0 Å². The van der Waals surface area contributed by atoms with Gasteiger partial charge < -0.3 is 5.32 Å². The number of aryl methyl sites for hydroxylation is 1. The van der Waals surface area contributed by atoms with E-state index < -0.39 is 0 Å². The van der Waals surface area contributed by atoms with E-state index in [1.165, 1.54) is 6.07 Å². The molecular weight excluding hydrogens is 379 g/mol. The number of rotatable bonds is 7. The molecule has 0 aliphatic carbocycles. The number of fused-ring (bicyclic) bond motifs is 1. The number of aromatic nitrogens is 5. The van der Waals surface area contributed by atoms with Crippen LogP contribution in [0.5, 0.6) is 0 Å². The molecule has 0 saturated heterocycles. The minimum absolute atomic E-state index is 0.262. The predicted octanol–water partition coefficient (Wildman–Crippen LogP) is 4.84. The Hall–Kier alpha value is -3.35. The highest BCUT2D eigenvalue weighted by molar-refractivity contribution is 5.89. The van der Waals surface area contributed by atoms with Crippen molar-refractivity contribution < 1.29 is 4.39 Å². The van der Waals surface area contributed by atoms with E-state index >= 15 is 0 Å². The molecule has 7 heteroatoms. The molecule has 0 fully saturated rings. The number of nitrogens with one attached hydrogen (secondary N) is 1. The van der Waals surface area contributed by atoms with Gasteiger partial charge in [0.05, 0.1) is 11.9 Å². The minimum atomic E-state index is -0.262. The Kier molecular flexibility index (Phi) is 5.70. The lowest BCUT2D eigenvalue weighted by molar-refractivity contribution is 0.589. The van der Waals surface area contributed by atoms with Gasteiger partial charge >= 0.3 is 0 Å². The Morgan fingerprint density at radius 3 is 2.77 bits per heavy atom. The predicted molar refractivity (Wildman–Crippen MR) is 117 cm³/mol. The highest BCUT2D eigenvalue weighted by Crippen LogP contribution is 2.26. The monoisotopic (exact) mass is 404 g/mol. The van der Waals surface area contributed by atoms with Crippen molar-refractivity contribution in [1.29, 1.82) is 0 Å². The molecule has 0 spiro atoms. The van der Waals surface area contributed by atoms with Gasteiger partial charge in [0, 0.05) is 30.1 Å². The van der Waals surface area contributed by atoms with Crippen LogP contribution in [0.4, 0.5) is 10.2 Å². The van der Waals surface area contributed by atoms with Crippen molar-refractivity contribution in [3.05, 3.63) is 65.7 Å². The van der Waals surface area contributed by atoms with Crippen molar-refractivity contribution >= 4 is 16.9 Å². The number of halogens is 1. The first-order chi connectivity index (χ1) is 14.5. The van der Waals surface area contributed by atoms with Crippen LogP contribution in [0.25, 0.3) is 22.6 Å². The van der Waals surface area contributed by atoms with E-state index in [0.29, 0.717) is 28.6 Å². The van der Waals surface area contributed by atoms with Crippen molar-refractivity contribution in [3.8, 4) is 11.5 Å². The molecule has 0 aliphatic rings. The molecule has 3 aromatic heterocycles. The lowest BCUT2D eigenvalue weighted by atomic mass is 10.1. The third kappa shape index (κ3) is 4.15. The van der Waals surface area contributed by atoms with Gasteiger partial charge in [-0.2, -0.15) is 5.10 Å². The first-order valence-electron chi connectivity index (χ1n) is 10.2. The largest absolute Gasteiger partial charge is 0.370 e. The molecule has 1 N–H and O–H groups in total. The normalized spacial score (nSPS) is 12.3. The Balaban J connectivity index is 1.75. The van der Waals surface area contributed by atoms with E-state index in [1.54, 1.807) is 23.0 Å². The van der Waals surface area contributed by atoms with Gasteiger partial charge in [-0.25, -0.2) is 24.0 Å². The zero-order valence-electron chi connectivity index (χ0n) is 17.4. The molecule has 1 unspecified atom stereocenters. The zero-order chi connectivity index (χ0) is 21.1. The Morgan fingerprint density at radius 1 is 1.13 bits per heavy atom. The standard InChI is InChI=1S/C23H25FN6/c1-4-15(2)13-26-20-12-16(3)27-22(28-20)21-18-9-7-11-25-23(18)30(29-21)14-17-8-5-6-10-19(17)24/h5-12,15H,4,13-14H2,1-3H3,(H,26,27,28). The van der Waals surface area contributed by atoms with Crippen LogP contribution >= 0.6 is 0 Å². The van der Waals surface area contributed by atoms with Gasteiger partial charge in [0.15, 0.2) is 11.5 Å². The number of pyridine rings is 1. The molecular formula is C23H25FN6. The average Bonchev–Trinajstić information content (AvgIpc) is 3.12. The average molecular weight is 404 g/mol. The lowest BCUT2D eigenvalue weighted by Crippen LogP contribution is -2.12. The van der Waals surface area contributed by atoms with Gasteiger partial charge in [-0.15, -0.1) is 0 Å². The second-order valence-corrected chi connectivity index (χ2v) is 7.58. The fraction of sp³-hybridized carbons (Fsp3) is 0.304. The summed E-state index contributed by atoms with van der Waals surface area (Å²) in [5.41, 5.74) is 2.73. The third-order valence-corrected chi connectivity index (χ3v) is 5.18. The van der Waals surface area contributed by atoms with E-state index in [0.717, 1.165) is 29.9 Å². The molecule has 4 rings (SSSR count). The summed E-state index contributed by atoms with van der Waals surface area (Å²) in [6.45, 7) is 7.44. The van der Waals surface area contributed by atoms with Gasteiger partial charge in [0.1, 0.15) is 17.3 Å². The van der Waals surface area contributed by atoms with Crippen LogP contribution in [-0.4, -0.2) is 31.3 Å². The quantitative estimate of drug-likeness (QED) is 0.477. The fourth-order valence-corrected chi connectivity index (χ4v) is 3.26. The highest BCUT2D eigenvalue weighted by Gasteiger charge is 2.17. The summed E-state index contributed by atoms with van der Waals surface area (Å²) in [5.74, 6) is 1.60. The SMILES string of the molecule is CCC(C)CNc1cc(C)nc(-c2nn(Cc3ccccc3F)c3ncccc23)n1. The number of hydrogen-bond donors (Lipinski definition) is 1. The van der Waals surface area contributed by atoms with Crippen molar-refractivity contribution in [1.82, 2.24) is 24.7 Å². The molecule has 30 heavy (non-hydrogen) atoms. The second kappa shape index (κ2) is 8.57. The van der Waals surface area contributed by atoms with Crippen LogP contribution < -0.4 is 5.32 Å². The molecule has 6 nitrogen and oxygen atoms in total. The first-order valence-corrected chi connectivity index (χ1v) is 10.2. The van der Waals surface area contributed by atoms with Crippen LogP contribution in [0.15, 0.2) is 48.7 Å². The number of anilines is 1. The van der Waals surface area contributed by atoms with E-state index in [2.05, 4.69) is 29.1 Å². The van der Waals surface area contributed by atoms with Crippen LogP contribution in [0, 0.1) is 18.7 Å². The maximum Gasteiger partial charge on any atom is 0.183 e. The van der Waals surface area contributed by atoms with Crippen molar-refractivity contribution in [3.63, 3.8) is 0 Å². The first kappa shape index (κ1) is 19.9. The number of benzene rings is 1. The molecule has 154 valence electrons. The summed E-state index contributed by atoms with van der Waals surface area (Å²) in [6.07, 6.45) is 2.81. The van der Waals surface area contributed by atoms with Gasteiger partial charge in [-0.05, 0) is 31.0 Å². The fourth-order valence-electron chi connectivity index (χ4n) is 3.26. The third-order valence-electron chi connectivity index (χ3n) is 5.18. The molecule has 0 amide bonds. The van der Waals surface area contributed by atoms with Crippen LogP contribution in [0.1, 0.15) is 31.5 Å². The van der Waals surface area contributed by atoms with E-state index in [9.17, 15) is 4.39 Å². The maximum absolute atomic E-state index is 14.2. The van der Waals surface area contributed by atoms with Crippen molar-refractivity contribution in [2.45, 2.75) is 33.7 Å². The second-order valence-electron chi connectivity index (χ2n) is 7.58. The number of nitrogens with zero attached hydrogens (tertiary/aromatic N) is 5. The van der Waals surface area contributed by atoms with Crippen molar-refractivity contribution in [2.75, 3.05) is 11.9 Å². The van der Waals surface area contributed by atoms with Gasteiger partial charge in [0.25, 0.3) is 0 Å². The Bertz CT molecular complexity index is 1170. The topological polar surface area (TPSA) is 68.5 Å². The number of hydrogen-bond acceptors (Lipinski definition) is 5. The minimum Gasteiger partial charge on any atom is -0.370 e. The van der Waals surface area contributed by atoms with Crippen LogP contribution in [0.2, 0.25) is 0 Å². The smallest absolute Gasteiger partial charge is 0.183 e. The summed E-state index contributed by atoms with van der Waals surface area (Å²) in [7, 11) is 0. The highest BCUT2D eigenvalue weighted by atomic mass is 19.1.